The summed E-state index contributed by atoms with van der Waals surface area (Å²) >= 11 is 0. The lowest BCUT2D eigenvalue weighted by atomic mass is 9.96. The molecule has 22 heavy (non-hydrogen) atoms. The number of imidazole rings is 1. The first kappa shape index (κ1) is 14.8. The van der Waals surface area contributed by atoms with Crippen LogP contribution in [0.5, 0.6) is 0 Å². The molecule has 0 spiro atoms. The Hall–Kier alpha value is -2.11. The number of carbonyl (C=O) groups is 1. The molecule has 0 aromatic carbocycles. The van der Waals surface area contributed by atoms with Crippen molar-refractivity contribution in [1.29, 1.82) is 0 Å². The zero-order chi connectivity index (χ0) is 15.7. The predicted octanol–water partition coefficient (Wildman–Crippen LogP) is 2.22. The van der Waals surface area contributed by atoms with Gasteiger partial charge in [-0.2, -0.15) is 5.10 Å². The van der Waals surface area contributed by atoms with E-state index in [2.05, 4.69) is 28.5 Å². The van der Waals surface area contributed by atoms with Crippen molar-refractivity contribution in [3.63, 3.8) is 0 Å². The fraction of sp³-hybridized carbons (Fsp3) is 0.562. The molecule has 2 aromatic heterocycles. The minimum atomic E-state index is 0.0213. The molecular weight excluding hydrogens is 278 g/mol. The maximum absolute atomic E-state index is 12.6. The van der Waals surface area contributed by atoms with Gasteiger partial charge in [0.05, 0.1) is 0 Å². The van der Waals surface area contributed by atoms with Crippen LogP contribution in [-0.4, -0.2) is 43.2 Å². The number of amides is 1. The van der Waals surface area contributed by atoms with Gasteiger partial charge in [0.2, 0.25) is 0 Å². The second kappa shape index (κ2) is 5.94. The average molecular weight is 301 g/mol. The van der Waals surface area contributed by atoms with Crippen LogP contribution in [0.1, 0.15) is 55.0 Å². The van der Waals surface area contributed by atoms with Gasteiger partial charge in [0.25, 0.3) is 5.91 Å². The highest BCUT2D eigenvalue weighted by atomic mass is 16.2. The van der Waals surface area contributed by atoms with E-state index in [4.69, 9.17) is 0 Å². The molecule has 1 atom stereocenters. The summed E-state index contributed by atoms with van der Waals surface area (Å²) in [4.78, 5) is 19.0. The van der Waals surface area contributed by atoms with Crippen molar-refractivity contribution in [2.45, 2.75) is 38.6 Å². The van der Waals surface area contributed by atoms with Crippen molar-refractivity contribution in [2.75, 3.05) is 13.1 Å². The first-order valence-electron chi connectivity index (χ1n) is 7.88. The number of likely N-dealkylation sites (tertiary alicyclic amines) is 1. The van der Waals surface area contributed by atoms with E-state index in [-0.39, 0.29) is 5.91 Å². The monoisotopic (exact) mass is 301 g/mol. The molecule has 1 aliphatic rings. The quantitative estimate of drug-likeness (QED) is 0.873. The summed E-state index contributed by atoms with van der Waals surface area (Å²) in [6.45, 7) is 5.84. The van der Waals surface area contributed by atoms with Gasteiger partial charge >= 0.3 is 0 Å². The Labute approximate surface area is 130 Å². The topological polar surface area (TPSA) is 56.0 Å². The Bertz CT molecular complexity index is 657. The Kier molecular flexibility index (Phi) is 4.00. The molecule has 3 rings (SSSR count). The van der Waals surface area contributed by atoms with Crippen LogP contribution < -0.4 is 0 Å². The molecule has 0 saturated carbocycles. The summed E-state index contributed by atoms with van der Waals surface area (Å²) < 4.78 is 3.87. The van der Waals surface area contributed by atoms with E-state index in [1.165, 1.54) is 0 Å². The number of hydrogen-bond acceptors (Lipinski definition) is 3. The van der Waals surface area contributed by atoms with Gasteiger partial charge in [-0.15, -0.1) is 0 Å². The van der Waals surface area contributed by atoms with Gasteiger partial charge < -0.3 is 9.47 Å². The first-order chi connectivity index (χ1) is 10.6. The highest BCUT2D eigenvalue weighted by Crippen LogP contribution is 2.28. The van der Waals surface area contributed by atoms with E-state index in [0.717, 1.165) is 31.8 Å². The number of rotatable bonds is 3. The van der Waals surface area contributed by atoms with Crippen LogP contribution >= 0.6 is 0 Å². The average Bonchev–Trinajstić information content (AvgIpc) is 3.15. The van der Waals surface area contributed by atoms with Crippen LogP contribution in [-0.2, 0) is 7.05 Å². The molecule has 3 heterocycles. The molecule has 1 unspecified atom stereocenters. The van der Waals surface area contributed by atoms with E-state index in [0.29, 0.717) is 17.7 Å². The highest BCUT2D eigenvalue weighted by Gasteiger charge is 2.29. The Morgan fingerprint density at radius 2 is 2.18 bits per heavy atom. The Balaban J connectivity index is 1.77. The summed E-state index contributed by atoms with van der Waals surface area (Å²) in [5.41, 5.74) is 0.523. The first-order valence-corrected chi connectivity index (χ1v) is 7.88. The molecule has 1 fully saturated rings. The van der Waals surface area contributed by atoms with Crippen LogP contribution in [0.25, 0.3) is 0 Å². The van der Waals surface area contributed by atoms with Crippen molar-refractivity contribution in [1.82, 2.24) is 24.2 Å². The zero-order valence-electron chi connectivity index (χ0n) is 13.4. The standard InChI is InChI=1S/C16H23N5O/c1-12(2)21-10-7-17-15(21)13-5-4-8-20(11-13)16(22)14-6-9-19(3)18-14/h6-7,9-10,12-13H,4-5,8,11H2,1-3H3. The second-order valence-corrected chi connectivity index (χ2v) is 6.25. The third-order valence-electron chi connectivity index (χ3n) is 4.26. The molecule has 6 nitrogen and oxygen atoms in total. The number of hydrogen-bond donors (Lipinski definition) is 0. The van der Waals surface area contributed by atoms with Crippen LogP contribution in [0.4, 0.5) is 0 Å². The number of carbonyl (C=O) groups excluding carboxylic acids is 1. The fourth-order valence-corrected chi connectivity index (χ4v) is 3.14. The minimum absolute atomic E-state index is 0.0213. The minimum Gasteiger partial charge on any atom is -0.337 e. The van der Waals surface area contributed by atoms with E-state index in [1.54, 1.807) is 16.9 Å². The van der Waals surface area contributed by atoms with Gasteiger partial charge in [0, 0.05) is 50.7 Å². The molecule has 6 heteroatoms. The van der Waals surface area contributed by atoms with Gasteiger partial charge in [-0.25, -0.2) is 4.98 Å². The van der Waals surface area contributed by atoms with Crippen molar-refractivity contribution in [3.05, 3.63) is 36.2 Å². The van der Waals surface area contributed by atoms with Gasteiger partial charge in [0.1, 0.15) is 11.5 Å². The van der Waals surface area contributed by atoms with E-state index < -0.39 is 0 Å². The number of piperidine rings is 1. The molecule has 1 aliphatic heterocycles. The molecule has 1 amide bonds. The second-order valence-electron chi connectivity index (χ2n) is 6.25. The highest BCUT2D eigenvalue weighted by molar-refractivity contribution is 5.92. The molecule has 2 aromatic rings. The number of aromatic nitrogens is 4. The maximum atomic E-state index is 12.6. The van der Waals surface area contributed by atoms with Gasteiger partial charge in [-0.05, 0) is 32.8 Å². The summed E-state index contributed by atoms with van der Waals surface area (Å²) in [5, 5.41) is 4.22. The lowest BCUT2D eigenvalue weighted by molar-refractivity contribution is 0.0696. The summed E-state index contributed by atoms with van der Waals surface area (Å²) in [6.07, 6.45) is 7.78. The van der Waals surface area contributed by atoms with Crippen molar-refractivity contribution in [3.8, 4) is 0 Å². The van der Waals surface area contributed by atoms with Crippen LogP contribution in [0.3, 0.4) is 0 Å². The van der Waals surface area contributed by atoms with Crippen LogP contribution in [0.2, 0.25) is 0 Å². The number of nitrogens with zero attached hydrogens (tertiary/aromatic N) is 5. The predicted molar refractivity (Wildman–Crippen MR) is 83.7 cm³/mol. The lowest BCUT2D eigenvalue weighted by Gasteiger charge is -2.32. The molecule has 118 valence electrons. The lowest BCUT2D eigenvalue weighted by Crippen LogP contribution is -2.40. The Morgan fingerprint density at radius 1 is 1.36 bits per heavy atom. The largest absolute Gasteiger partial charge is 0.337 e. The fourth-order valence-electron chi connectivity index (χ4n) is 3.14. The zero-order valence-corrected chi connectivity index (χ0v) is 13.4. The normalized spacial score (nSPS) is 18.9. The molecule has 1 saturated heterocycles. The van der Waals surface area contributed by atoms with Crippen LogP contribution in [0.15, 0.2) is 24.7 Å². The van der Waals surface area contributed by atoms with Crippen LogP contribution in [0, 0.1) is 0 Å². The third kappa shape index (κ3) is 2.77. The maximum Gasteiger partial charge on any atom is 0.274 e. The molecule has 0 N–H and O–H groups in total. The summed E-state index contributed by atoms with van der Waals surface area (Å²) in [7, 11) is 1.83. The Morgan fingerprint density at radius 3 is 2.86 bits per heavy atom. The third-order valence-corrected chi connectivity index (χ3v) is 4.26. The van der Waals surface area contributed by atoms with Gasteiger partial charge in [-0.1, -0.05) is 0 Å². The van der Waals surface area contributed by atoms with E-state index in [9.17, 15) is 4.79 Å². The summed E-state index contributed by atoms with van der Waals surface area (Å²) in [6, 6.07) is 2.17. The molecule has 0 radical (unpaired) electrons. The van der Waals surface area contributed by atoms with Crippen molar-refractivity contribution < 1.29 is 4.79 Å². The summed E-state index contributed by atoms with van der Waals surface area (Å²) in [5.74, 6) is 1.42. The van der Waals surface area contributed by atoms with Crippen molar-refractivity contribution >= 4 is 5.91 Å². The molecular formula is C16H23N5O. The molecule has 0 bridgehead atoms. The van der Waals surface area contributed by atoms with E-state index >= 15 is 0 Å². The molecule has 0 aliphatic carbocycles. The van der Waals surface area contributed by atoms with Crippen molar-refractivity contribution in [2.24, 2.45) is 7.05 Å². The SMILES string of the molecule is CC(C)n1ccnc1C1CCCN(C(=O)c2ccn(C)n2)C1. The smallest absolute Gasteiger partial charge is 0.274 e. The van der Waals surface area contributed by atoms with Gasteiger partial charge in [0.15, 0.2) is 0 Å². The van der Waals surface area contributed by atoms with Gasteiger partial charge in [-0.3, -0.25) is 9.48 Å². The van der Waals surface area contributed by atoms with E-state index in [1.807, 2.05) is 24.3 Å². The number of aryl methyl sites for hydroxylation is 1.